The first-order valence-electron chi connectivity index (χ1n) is 7.54. The molecule has 0 aromatic heterocycles. The average molecular weight is 255 g/mol. The lowest BCUT2D eigenvalue weighted by Gasteiger charge is -2.35. The molecule has 1 nitrogen and oxygen atoms in total. The first-order valence-corrected chi connectivity index (χ1v) is 8.70. The van der Waals surface area contributed by atoms with Crippen molar-refractivity contribution in [2.75, 3.05) is 18.6 Å². The predicted octanol–water partition coefficient (Wildman–Crippen LogP) is 3.93. The molecule has 0 spiro atoms. The number of rotatable bonds is 4. The normalized spacial score (nSPS) is 33.5. The van der Waals surface area contributed by atoms with Crippen molar-refractivity contribution in [1.29, 1.82) is 0 Å². The Morgan fingerprint density at radius 2 is 1.71 bits per heavy atom. The standard InChI is InChI=1S/C15H29NS/c1-12-3-5-14(6-4-12)15(16-2)11-13-7-9-17-10-8-13/h12-16H,3-11H2,1-2H3. The minimum atomic E-state index is 0.801. The molecular formula is C15H29NS. The minimum absolute atomic E-state index is 0.801. The molecule has 2 fully saturated rings. The van der Waals surface area contributed by atoms with Gasteiger partial charge in [0.25, 0.3) is 0 Å². The Labute approximate surface area is 112 Å². The van der Waals surface area contributed by atoms with Crippen molar-refractivity contribution >= 4 is 11.8 Å². The van der Waals surface area contributed by atoms with Crippen molar-refractivity contribution in [3.8, 4) is 0 Å². The minimum Gasteiger partial charge on any atom is -0.317 e. The number of hydrogen-bond acceptors (Lipinski definition) is 2. The van der Waals surface area contributed by atoms with E-state index in [9.17, 15) is 0 Å². The van der Waals surface area contributed by atoms with Crippen LogP contribution in [0.5, 0.6) is 0 Å². The van der Waals surface area contributed by atoms with Crippen LogP contribution in [0.2, 0.25) is 0 Å². The SMILES string of the molecule is CNC(CC1CCSCC1)C1CCC(C)CC1. The molecule has 0 bridgehead atoms. The second kappa shape index (κ2) is 7.04. The van der Waals surface area contributed by atoms with E-state index in [-0.39, 0.29) is 0 Å². The van der Waals surface area contributed by atoms with Crippen molar-refractivity contribution in [2.45, 2.75) is 57.9 Å². The van der Waals surface area contributed by atoms with E-state index in [1.165, 1.54) is 56.5 Å². The van der Waals surface area contributed by atoms with E-state index >= 15 is 0 Å². The Bertz CT molecular complexity index is 205. The van der Waals surface area contributed by atoms with Crippen LogP contribution < -0.4 is 5.32 Å². The van der Waals surface area contributed by atoms with Gasteiger partial charge in [-0.15, -0.1) is 0 Å². The van der Waals surface area contributed by atoms with E-state index < -0.39 is 0 Å². The summed E-state index contributed by atoms with van der Waals surface area (Å²) in [6.45, 7) is 2.42. The van der Waals surface area contributed by atoms with Gasteiger partial charge in [-0.1, -0.05) is 19.8 Å². The van der Waals surface area contributed by atoms with Crippen molar-refractivity contribution in [1.82, 2.24) is 5.32 Å². The summed E-state index contributed by atoms with van der Waals surface area (Å²) in [4.78, 5) is 0. The van der Waals surface area contributed by atoms with E-state index in [1.54, 1.807) is 0 Å². The monoisotopic (exact) mass is 255 g/mol. The molecule has 17 heavy (non-hydrogen) atoms. The smallest absolute Gasteiger partial charge is 0.00949 e. The van der Waals surface area contributed by atoms with Gasteiger partial charge in [-0.05, 0) is 68.4 Å². The Balaban J connectivity index is 1.78. The van der Waals surface area contributed by atoms with Crippen LogP contribution in [0.3, 0.4) is 0 Å². The molecule has 0 radical (unpaired) electrons. The summed E-state index contributed by atoms with van der Waals surface area (Å²) in [6, 6.07) is 0.801. The highest BCUT2D eigenvalue weighted by Crippen LogP contribution is 2.34. The Kier molecular flexibility index (Phi) is 5.68. The molecule has 1 aliphatic carbocycles. The topological polar surface area (TPSA) is 12.0 Å². The number of nitrogens with one attached hydrogen (secondary N) is 1. The third-order valence-electron chi connectivity index (χ3n) is 4.93. The maximum Gasteiger partial charge on any atom is 0.00949 e. The summed E-state index contributed by atoms with van der Waals surface area (Å²) in [5, 5.41) is 3.63. The molecule has 1 unspecified atom stereocenters. The van der Waals surface area contributed by atoms with Gasteiger partial charge < -0.3 is 5.32 Å². The molecule has 1 aliphatic heterocycles. The molecule has 1 saturated carbocycles. The molecule has 1 N–H and O–H groups in total. The second-order valence-electron chi connectivity index (χ2n) is 6.21. The largest absolute Gasteiger partial charge is 0.317 e. The van der Waals surface area contributed by atoms with Gasteiger partial charge in [0.15, 0.2) is 0 Å². The van der Waals surface area contributed by atoms with Gasteiger partial charge in [-0.2, -0.15) is 11.8 Å². The van der Waals surface area contributed by atoms with Gasteiger partial charge >= 0.3 is 0 Å². The maximum absolute atomic E-state index is 3.63. The van der Waals surface area contributed by atoms with E-state index in [2.05, 4.69) is 31.1 Å². The second-order valence-corrected chi connectivity index (χ2v) is 7.43. The zero-order valence-corrected chi connectivity index (χ0v) is 12.4. The van der Waals surface area contributed by atoms with Crippen LogP contribution in [-0.2, 0) is 0 Å². The summed E-state index contributed by atoms with van der Waals surface area (Å²) in [6.07, 6.45) is 10.2. The number of hydrogen-bond donors (Lipinski definition) is 1. The third kappa shape index (κ3) is 4.17. The fourth-order valence-corrected chi connectivity index (χ4v) is 4.78. The zero-order chi connectivity index (χ0) is 12.1. The lowest BCUT2D eigenvalue weighted by atomic mass is 9.76. The first kappa shape index (κ1) is 13.7. The van der Waals surface area contributed by atoms with E-state index in [0.717, 1.165) is 23.8 Å². The lowest BCUT2D eigenvalue weighted by molar-refractivity contribution is 0.209. The van der Waals surface area contributed by atoms with Crippen LogP contribution in [0.4, 0.5) is 0 Å². The molecule has 0 aromatic carbocycles. The highest BCUT2D eigenvalue weighted by atomic mass is 32.2. The van der Waals surface area contributed by atoms with E-state index in [1.807, 2.05) is 0 Å². The van der Waals surface area contributed by atoms with Gasteiger partial charge in [0.05, 0.1) is 0 Å². The fourth-order valence-electron chi connectivity index (χ4n) is 3.58. The summed E-state index contributed by atoms with van der Waals surface area (Å²) in [7, 11) is 2.18. The van der Waals surface area contributed by atoms with Gasteiger partial charge in [-0.25, -0.2) is 0 Å². The molecule has 1 saturated heterocycles. The van der Waals surface area contributed by atoms with Crippen molar-refractivity contribution in [3.05, 3.63) is 0 Å². The Morgan fingerprint density at radius 3 is 2.29 bits per heavy atom. The summed E-state index contributed by atoms with van der Waals surface area (Å²) < 4.78 is 0. The van der Waals surface area contributed by atoms with Crippen LogP contribution in [0, 0.1) is 17.8 Å². The van der Waals surface area contributed by atoms with E-state index in [4.69, 9.17) is 0 Å². The average Bonchev–Trinajstić information content (AvgIpc) is 2.38. The van der Waals surface area contributed by atoms with Crippen LogP contribution in [0.15, 0.2) is 0 Å². The molecule has 0 amide bonds. The molecule has 1 heterocycles. The van der Waals surface area contributed by atoms with E-state index in [0.29, 0.717) is 0 Å². The Hall–Kier alpha value is 0.310. The van der Waals surface area contributed by atoms with Gasteiger partial charge in [0.1, 0.15) is 0 Å². The summed E-state index contributed by atoms with van der Waals surface area (Å²) >= 11 is 2.15. The first-order chi connectivity index (χ1) is 8.29. The van der Waals surface area contributed by atoms with Gasteiger partial charge in [0, 0.05) is 6.04 Å². The van der Waals surface area contributed by atoms with Gasteiger partial charge in [0.2, 0.25) is 0 Å². The lowest BCUT2D eigenvalue weighted by Crippen LogP contribution is -2.37. The van der Waals surface area contributed by atoms with Crippen LogP contribution in [0.1, 0.15) is 51.9 Å². The number of thioether (sulfide) groups is 1. The van der Waals surface area contributed by atoms with Crippen molar-refractivity contribution < 1.29 is 0 Å². The predicted molar refractivity (Wildman–Crippen MR) is 78.6 cm³/mol. The fraction of sp³-hybridized carbons (Fsp3) is 1.00. The molecule has 0 aromatic rings. The summed E-state index contributed by atoms with van der Waals surface area (Å²) in [5.41, 5.74) is 0. The Morgan fingerprint density at radius 1 is 1.06 bits per heavy atom. The third-order valence-corrected chi connectivity index (χ3v) is 5.98. The van der Waals surface area contributed by atoms with Gasteiger partial charge in [-0.3, -0.25) is 0 Å². The van der Waals surface area contributed by atoms with Crippen LogP contribution in [0.25, 0.3) is 0 Å². The molecule has 100 valence electrons. The molecule has 1 atom stereocenters. The molecule has 2 rings (SSSR count). The van der Waals surface area contributed by atoms with Crippen LogP contribution >= 0.6 is 11.8 Å². The zero-order valence-electron chi connectivity index (χ0n) is 11.6. The van der Waals surface area contributed by atoms with Crippen LogP contribution in [-0.4, -0.2) is 24.6 Å². The molecule has 2 heteroatoms. The summed E-state index contributed by atoms with van der Waals surface area (Å²) in [5.74, 6) is 5.76. The highest BCUT2D eigenvalue weighted by molar-refractivity contribution is 7.99. The molecule has 2 aliphatic rings. The quantitative estimate of drug-likeness (QED) is 0.817. The van der Waals surface area contributed by atoms with Crippen molar-refractivity contribution in [3.63, 3.8) is 0 Å². The van der Waals surface area contributed by atoms with Crippen molar-refractivity contribution in [2.24, 2.45) is 17.8 Å². The molecular weight excluding hydrogens is 226 g/mol. The highest BCUT2D eigenvalue weighted by Gasteiger charge is 2.27. The maximum atomic E-state index is 3.63.